The predicted octanol–water partition coefficient (Wildman–Crippen LogP) is 1.45. The Morgan fingerprint density at radius 1 is 1.42 bits per heavy atom. The third-order valence-corrected chi connectivity index (χ3v) is 2.82. The number of amides is 1. The molecule has 19 heavy (non-hydrogen) atoms. The maximum atomic E-state index is 12.0. The largest absolute Gasteiger partial charge is 0.478 e. The Morgan fingerprint density at radius 3 is 2.58 bits per heavy atom. The number of aromatic carboxylic acids is 1. The molecule has 1 heterocycles. The lowest BCUT2D eigenvalue weighted by Crippen LogP contribution is -2.41. The average Bonchev–Trinajstić information content (AvgIpc) is 2.40. The normalized spacial score (nSPS) is 11.7. The van der Waals surface area contributed by atoms with Gasteiger partial charge in [-0.3, -0.25) is 4.79 Å². The molecule has 0 saturated heterocycles. The number of nitrogens with zero attached hydrogens (tertiary/aromatic N) is 2. The van der Waals surface area contributed by atoms with E-state index in [-0.39, 0.29) is 11.5 Å². The van der Waals surface area contributed by atoms with Gasteiger partial charge >= 0.3 is 5.97 Å². The topological polar surface area (TPSA) is 82.5 Å². The summed E-state index contributed by atoms with van der Waals surface area (Å²) in [4.78, 5) is 28.6. The second kappa shape index (κ2) is 6.72. The van der Waals surface area contributed by atoms with Crippen LogP contribution in [0.25, 0.3) is 0 Å². The zero-order valence-corrected chi connectivity index (χ0v) is 11.4. The molecule has 6 nitrogen and oxygen atoms in total. The van der Waals surface area contributed by atoms with E-state index in [1.165, 1.54) is 18.3 Å². The van der Waals surface area contributed by atoms with Crippen LogP contribution in [0.5, 0.6) is 0 Å². The van der Waals surface area contributed by atoms with Gasteiger partial charge < -0.3 is 15.3 Å². The number of hydrogen-bond acceptors (Lipinski definition) is 4. The van der Waals surface area contributed by atoms with Gasteiger partial charge in [0, 0.05) is 19.3 Å². The molecular formula is C13H19N3O3. The van der Waals surface area contributed by atoms with E-state index in [0.717, 1.165) is 0 Å². The fourth-order valence-electron chi connectivity index (χ4n) is 1.74. The maximum absolute atomic E-state index is 12.0. The molecule has 0 saturated carbocycles. The Kier molecular flexibility index (Phi) is 5.29. The molecule has 0 aliphatic heterocycles. The number of pyridine rings is 1. The summed E-state index contributed by atoms with van der Waals surface area (Å²) in [6.45, 7) is 6.85. The number of carboxylic acid groups (broad SMARTS) is 1. The molecule has 0 aliphatic carbocycles. The Bertz CT molecular complexity index is 458. The van der Waals surface area contributed by atoms with E-state index in [4.69, 9.17) is 5.11 Å². The second-order valence-electron chi connectivity index (χ2n) is 4.11. The Labute approximate surface area is 112 Å². The maximum Gasteiger partial charge on any atom is 0.335 e. The fourth-order valence-corrected chi connectivity index (χ4v) is 1.74. The third-order valence-electron chi connectivity index (χ3n) is 2.82. The van der Waals surface area contributed by atoms with Crippen LogP contribution < -0.4 is 5.32 Å². The lowest BCUT2D eigenvalue weighted by atomic mass is 10.2. The van der Waals surface area contributed by atoms with Crippen molar-refractivity contribution < 1.29 is 14.7 Å². The van der Waals surface area contributed by atoms with Gasteiger partial charge in [-0.1, -0.05) is 0 Å². The lowest BCUT2D eigenvalue weighted by Gasteiger charge is -2.23. The van der Waals surface area contributed by atoms with Gasteiger partial charge in [0.25, 0.3) is 0 Å². The molecule has 1 rings (SSSR count). The molecule has 1 aromatic rings. The van der Waals surface area contributed by atoms with Crippen molar-refractivity contribution in [1.82, 2.24) is 9.88 Å². The quantitative estimate of drug-likeness (QED) is 0.813. The van der Waals surface area contributed by atoms with Crippen molar-refractivity contribution in [3.8, 4) is 0 Å². The number of carboxylic acids is 1. The molecule has 1 aromatic heterocycles. The standard InChI is InChI=1S/C13H19N3O3/c1-4-16(5-2)12(17)9(3)15-11-8-10(13(18)19)6-7-14-11/h6-9H,4-5H2,1-3H3,(H,14,15)(H,18,19). The summed E-state index contributed by atoms with van der Waals surface area (Å²) < 4.78 is 0. The van der Waals surface area contributed by atoms with Crippen molar-refractivity contribution in [2.24, 2.45) is 0 Å². The van der Waals surface area contributed by atoms with Crippen LogP contribution in [0.4, 0.5) is 5.82 Å². The smallest absolute Gasteiger partial charge is 0.335 e. The van der Waals surface area contributed by atoms with Crippen molar-refractivity contribution in [1.29, 1.82) is 0 Å². The molecule has 1 amide bonds. The zero-order valence-electron chi connectivity index (χ0n) is 11.4. The van der Waals surface area contributed by atoms with Crippen LogP contribution in [0, 0.1) is 0 Å². The monoisotopic (exact) mass is 265 g/mol. The van der Waals surface area contributed by atoms with Gasteiger partial charge in [0.05, 0.1) is 5.56 Å². The van der Waals surface area contributed by atoms with Crippen LogP contribution in [-0.4, -0.2) is 46.0 Å². The first-order valence-corrected chi connectivity index (χ1v) is 6.24. The molecule has 0 aliphatic rings. The van der Waals surface area contributed by atoms with E-state index >= 15 is 0 Å². The van der Waals surface area contributed by atoms with Crippen LogP contribution in [0.15, 0.2) is 18.3 Å². The van der Waals surface area contributed by atoms with Crippen molar-refractivity contribution in [3.05, 3.63) is 23.9 Å². The van der Waals surface area contributed by atoms with E-state index < -0.39 is 12.0 Å². The fraction of sp³-hybridized carbons (Fsp3) is 0.462. The van der Waals surface area contributed by atoms with Crippen molar-refractivity contribution >= 4 is 17.7 Å². The summed E-state index contributed by atoms with van der Waals surface area (Å²) in [6, 6.07) is 2.37. The number of carbonyl (C=O) groups excluding carboxylic acids is 1. The molecule has 1 unspecified atom stereocenters. The van der Waals surface area contributed by atoms with Gasteiger partial charge in [0.2, 0.25) is 5.91 Å². The number of carbonyl (C=O) groups is 2. The van der Waals surface area contributed by atoms with Gasteiger partial charge in [0.1, 0.15) is 11.9 Å². The van der Waals surface area contributed by atoms with E-state index in [2.05, 4.69) is 10.3 Å². The number of nitrogens with one attached hydrogen (secondary N) is 1. The summed E-state index contributed by atoms with van der Waals surface area (Å²) >= 11 is 0. The number of aromatic nitrogens is 1. The van der Waals surface area contributed by atoms with E-state index in [1.807, 2.05) is 13.8 Å². The van der Waals surface area contributed by atoms with E-state index in [9.17, 15) is 9.59 Å². The van der Waals surface area contributed by atoms with Gasteiger partial charge in [-0.25, -0.2) is 9.78 Å². The van der Waals surface area contributed by atoms with E-state index in [0.29, 0.717) is 18.9 Å². The molecule has 0 fully saturated rings. The zero-order chi connectivity index (χ0) is 14.4. The minimum absolute atomic E-state index is 0.0347. The summed E-state index contributed by atoms with van der Waals surface area (Å²) in [5.74, 6) is -0.673. The molecule has 104 valence electrons. The van der Waals surface area contributed by atoms with Crippen molar-refractivity contribution in [2.75, 3.05) is 18.4 Å². The van der Waals surface area contributed by atoms with Gasteiger partial charge in [-0.15, -0.1) is 0 Å². The molecule has 0 aromatic carbocycles. The van der Waals surface area contributed by atoms with Gasteiger partial charge in [-0.05, 0) is 32.9 Å². The van der Waals surface area contributed by atoms with Crippen LogP contribution in [0.1, 0.15) is 31.1 Å². The molecule has 1 atom stereocenters. The first-order valence-electron chi connectivity index (χ1n) is 6.24. The van der Waals surface area contributed by atoms with E-state index in [1.54, 1.807) is 11.8 Å². The lowest BCUT2D eigenvalue weighted by molar-refractivity contribution is -0.131. The van der Waals surface area contributed by atoms with Gasteiger partial charge in [0.15, 0.2) is 0 Å². The Morgan fingerprint density at radius 2 is 2.05 bits per heavy atom. The SMILES string of the molecule is CCN(CC)C(=O)C(C)Nc1cc(C(=O)O)ccn1. The Balaban J connectivity index is 2.76. The van der Waals surface area contributed by atoms with Crippen molar-refractivity contribution in [3.63, 3.8) is 0 Å². The third kappa shape index (κ3) is 3.94. The highest BCUT2D eigenvalue weighted by molar-refractivity contribution is 5.89. The van der Waals surface area contributed by atoms with Crippen molar-refractivity contribution in [2.45, 2.75) is 26.8 Å². The Hall–Kier alpha value is -2.11. The first kappa shape index (κ1) is 14.9. The highest BCUT2D eigenvalue weighted by Crippen LogP contribution is 2.09. The van der Waals surface area contributed by atoms with Crippen LogP contribution in [0.2, 0.25) is 0 Å². The molecule has 0 spiro atoms. The minimum atomic E-state index is -1.02. The number of hydrogen-bond donors (Lipinski definition) is 2. The number of rotatable bonds is 6. The average molecular weight is 265 g/mol. The second-order valence-corrected chi connectivity index (χ2v) is 4.11. The number of likely N-dealkylation sites (N-methyl/N-ethyl adjacent to an activating group) is 1. The van der Waals surface area contributed by atoms with Crippen LogP contribution in [0.3, 0.4) is 0 Å². The first-order chi connectivity index (χ1) is 8.99. The molecule has 2 N–H and O–H groups in total. The molecular weight excluding hydrogens is 246 g/mol. The van der Waals surface area contributed by atoms with Gasteiger partial charge in [-0.2, -0.15) is 0 Å². The van der Waals surface area contributed by atoms with Crippen LogP contribution >= 0.6 is 0 Å². The number of anilines is 1. The molecule has 6 heteroatoms. The minimum Gasteiger partial charge on any atom is -0.478 e. The highest BCUT2D eigenvalue weighted by atomic mass is 16.4. The van der Waals surface area contributed by atoms with Crippen LogP contribution in [-0.2, 0) is 4.79 Å². The summed E-state index contributed by atoms with van der Waals surface area (Å²) in [5, 5.41) is 11.8. The summed E-state index contributed by atoms with van der Waals surface area (Å²) in [6.07, 6.45) is 1.40. The molecule has 0 radical (unpaired) electrons. The molecule has 0 bridgehead atoms. The highest BCUT2D eigenvalue weighted by Gasteiger charge is 2.18. The summed E-state index contributed by atoms with van der Waals surface area (Å²) in [5.41, 5.74) is 0.139. The summed E-state index contributed by atoms with van der Waals surface area (Å²) in [7, 11) is 0. The predicted molar refractivity (Wildman–Crippen MR) is 72.2 cm³/mol.